The van der Waals surface area contributed by atoms with Crippen molar-refractivity contribution in [1.29, 1.82) is 0 Å². The number of nitrogens with zero attached hydrogens (tertiary/aromatic N) is 5. The molecule has 0 aliphatic carbocycles. The van der Waals surface area contributed by atoms with Crippen molar-refractivity contribution in [1.82, 2.24) is 24.7 Å². The average molecular weight is 466 g/mol. The first-order valence-electron chi connectivity index (χ1n) is 9.55. The van der Waals surface area contributed by atoms with Crippen molar-refractivity contribution in [2.45, 2.75) is 30.6 Å². The maximum atomic E-state index is 13.2. The summed E-state index contributed by atoms with van der Waals surface area (Å²) in [7, 11) is -0.698. The monoisotopic (exact) mass is 465 g/mol. The van der Waals surface area contributed by atoms with Crippen LogP contribution in [0.25, 0.3) is 11.4 Å². The first-order chi connectivity index (χ1) is 14.9. The Kier molecular flexibility index (Phi) is 7.71. The fourth-order valence-electron chi connectivity index (χ4n) is 3.14. The summed E-state index contributed by atoms with van der Waals surface area (Å²) >= 11 is 5.84. The molecule has 2 atom stereocenters. The number of sulfone groups is 1. The number of ether oxygens (including phenoxy) is 2. The minimum atomic E-state index is -3.70. The van der Waals surface area contributed by atoms with E-state index in [1.165, 1.54) is 19.5 Å². The normalized spacial score (nSPS) is 13.8. The van der Waals surface area contributed by atoms with Gasteiger partial charge in [-0.05, 0) is 6.92 Å². The molecular formula is C20H24ClN5O4S. The Hall–Kier alpha value is -2.40. The number of hydrogen-bond donors (Lipinski definition) is 0. The number of benzene rings is 1. The zero-order valence-corrected chi connectivity index (χ0v) is 19.0. The molecule has 3 aromatic rings. The van der Waals surface area contributed by atoms with Gasteiger partial charge in [0.2, 0.25) is 0 Å². The molecule has 0 N–H and O–H groups in total. The smallest absolute Gasteiger partial charge is 0.164 e. The highest BCUT2D eigenvalue weighted by Crippen LogP contribution is 2.26. The number of hydrogen-bond acceptors (Lipinski definition) is 8. The van der Waals surface area contributed by atoms with Gasteiger partial charge in [-0.25, -0.2) is 18.4 Å². The van der Waals surface area contributed by atoms with E-state index >= 15 is 0 Å². The number of rotatable bonds is 10. The van der Waals surface area contributed by atoms with Gasteiger partial charge in [0.1, 0.15) is 17.7 Å². The minimum Gasteiger partial charge on any atom is -0.383 e. The first kappa shape index (κ1) is 23.3. The van der Waals surface area contributed by atoms with E-state index in [9.17, 15) is 8.42 Å². The second-order valence-electron chi connectivity index (χ2n) is 6.88. The molecule has 0 aliphatic rings. The number of aromatic nitrogens is 5. The van der Waals surface area contributed by atoms with Crippen molar-refractivity contribution < 1.29 is 17.9 Å². The highest BCUT2D eigenvalue weighted by molar-refractivity contribution is 7.91. The van der Waals surface area contributed by atoms with Gasteiger partial charge in [-0.3, -0.25) is 0 Å². The zero-order valence-electron chi connectivity index (χ0n) is 17.5. The first-order valence-corrected chi connectivity index (χ1v) is 11.6. The molecule has 0 spiro atoms. The molecule has 0 bridgehead atoms. The summed E-state index contributed by atoms with van der Waals surface area (Å²) in [5.74, 6) is 0.841. The Morgan fingerprint density at radius 3 is 2.39 bits per heavy atom. The van der Waals surface area contributed by atoms with E-state index in [0.29, 0.717) is 29.8 Å². The molecule has 0 radical (unpaired) electrons. The van der Waals surface area contributed by atoms with Crippen molar-refractivity contribution in [3.63, 3.8) is 0 Å². The molecule has 0 saturated carbocycles. The lowest BCUT2D eigenvalue weighted by Crippen LogP contribution is -2.30. The largest absolute Gasteiger partial charge is 0.383 e. The molecule has 0 unspecified atom stereocenters. The van der Waals surface area contributed by atoms with Crippen LogP contribution in [-0.4, -0.2) is 59.2 Å². The van der Waals surface area contributed by atoms with Crippen LogP contribution >= 0.6 is 11.6 Å². The third-order valence-electron chi connectivity index (χ3n) is 4.85. The summed E-state index contributed by atoms with van der Waals surface area (Å²) in [6.45, 7) is 2.37. The molecule has 0 fully saturated rings. The third-order valence-corrected chi connectivity index (χ3v) is 7.09. The highest BCUT2D eigenvalue weighted by atomic mass is 35.5. The fraction of sp³-hybridized carbons (Fsp3) is 0.400. The molecule has 11 heteroatoms. The molecule has 166 valence electrons. The fourth-order valence-corrected chi connectivity index (χ4v) is 4.68. The van der Waals surface area contributed by atoms with Crippen LogP contribution in [0.3, 0.4) is 0 Å². The van der Waals surface area contributed by atoms with Gasteiger partial charge >= 0.3 is 0 Å². The van der Waals surface area contributed by atoms with Crippen molar-refractivity contribution in [2.75, 3.05) is 20.8 Å². The van der Waals surface area contributed by atoms with Gasteiger partial charge in [0.15, 0.2) is 21.5 Å². The molecule has 0 aliphatic heterocycles. The van der Waals surface area contributed by atoms with E-state index in [-0.39, 0.29) is 11.6 Å². The van der Waals surface area contributed by atoms with Crippen molar-refractivity contribution in [3.05, 3.63) is 59.4 Å². The second kappa shape index (κ2) is 10.3. The summed E-state index contributed by atoms with van der Waals surface area (Å²) in [5.41, 5.74) is 0.840. The minimum absolute atomic E-state index is 0.244. The van der Waals surface area contributed by atoms with Crippen molar-refractivity contribution in [3.8, 4) is 11.4 Å². The molecule has 31 heavy (non-hydrogen) atoms. The average Bonchev–Trinajstić information content (AvgIpc) is 3.16. The molecule has 0 saturated heterocycles. The van der Waals surface area contributed by atoms with Gasteiger partial charge in [0, 0.05) is 38.7 Å². The Labute approximate surface area is 186 Å². The maximum absolute atomic E-state index is 13.2. The van der Waals surface area contributed by atoms with Gasteiger partial charge in [0.05, 0.1) is 16.9 Å². The van der Waals surface area contributed by atoms with Crippen LogP contribution in [0.5, 0.6) is 0 Å². The van der Waals surface area contributed by atoms with Crippen LogP contribution in [0.1, 0.15) is 24.7 Å². The molecule has 2 heterocycles. The predicted octanol–water partition coefficient (Wildman–Crippen LogP) is 2.73. The number of methoxy groups -OCH3 is 2. The molecule has 2 aromatic heterocycles. The Bertz CT molecular complexity index is 1090. The Morgan fingerprint density at radius 2 is 1.77 bits per heavy atom. The van der Waals surface area contributed by atoms with Crippen LogP contribution in [0.2, 0.25) is 5.02 Å². The van der Waals surface area contributed by atoms with E-state index in [4.69, 9.17) is 21.1 Å². The molecule has 3 rings (SSSR count). The lowest BCUT2D eigenvalue weighted by Gasteiger charge is -2.21. The SMILES string of the molecule is COCCn1c(CS(=O)(=O)[C@@H](C)[C@H](OC)c2ncc(Cl)cn2)nnc1-c1ccccc1. The van der Waals surface area contributed by atoms with Gasteiger partial charge in [0.25, 0.3) is 0 Å². The van der Waals surface area contributed by atoms with Crippen LogP contribution in [0.15, 0.2) is 42.7 Å². The van der Waals surface area contributed by atoms with E-state index in [1.54, 1.807) is 18.6 Å². The van der Waals surface area contributed by atoms with Gasteiger partial charge < -0.3 is 14.0 Å². The quantitative estimate of drug-likeness (QED) is 0.449. The summed E-state index contributed by atoms with van der Waals surface area (Å²) in [5, 5.41) is 7.84. The Morgan fingerprint density at radius 1 is 1.10 bits per heavy atom. The predicted molar refractivity (Wildman–Crippen MR) is 116 cm³/mol. The van der Waals surface area contributed by atoms with Crippen molar-refractivity contribution >= 4 is 21.4 Å². The van der Waals surface area contributed by atoms with Gasteiger partial charge in [-0.2, -0.15) is 0 Å². The molecule has 1 aromatic carbocycles. The van der Waals surface area contributed by atoms with Gasteiger partial charge in [-0.15, -0.1) is 10.2 Å². The third kappa shape index (κ3) is 5.45. The zero-order chi connectivity index (χ0) is 22.4. The highest BCUT2D eigenvalue weighted by Gasteiger charge is 2.34. The summed E-state index contributed by atoms with van der Waals surface area (Å²) in [4.78, 5) is 8.22. The summed E-state index contributed by atoms with van der Waals surface area (Å²) in [6, 6.07) is 9.47. The van der Waals surface area contributed by atoms with Gasteiger partial charge in [-0.1, -0.05) is 41.9 Å². The van der Waals surface area contributed by atoms with Crippen LogP contribution < -0.4 is 0 Å². The van der Waals surface area contributed by atoms with E-state index in [1.807, 2.05) is 30.3 Å². The topological polar surface area (TPSA) is 109 Å². The number of halogens is 1. The second-order valence-corrected chi connectivity index (χ2v) is 9.67. The van der Waals surface area contributed by atoms with E-state index in [2.05, 4.69) is 20.2 Å². The van der Waals surface area contributed by atoms with Crippen LogP contribution in [0.4, 0.5) is 0 Å². The Balaban J connectivity index is 1.90. The lowest BCUT2D eigenvalue weighted by molar-refractivity contribution is 0.0948. The van der Waals surface area contributed by atoms with E-state index in [0.717, 1.165) is 5.56 Å². The van der Waals surface area contributed by atoms with Crippen molar-refractivity contribution in [2.24, 2.45) is 0 Å². The van der Waals surface area contributed by atoms with Crippen LogP contribution in [-0.2, 0) is 31.6 Å². The van der Waals surface area contributed by atoms with Crippen LogP contribution in [0, 0.1) is 0 Å². The standard InChI is InChI=1S/C20H24ClN5O4S/c1-14(18(30-3)19-22-11-16(21)12-23-19)31(27,28)13-17-24-25-20(26(17)9-10-29-2)15-7-5-4-6-8-15/h4-8,11-12,14,18H,9-10,13H2,1-3H3/t14-,18-/m0/s1. The maximum Gasteiger partial charge on any atom is 0.164 e. The molecule has 9 nitrogen and oxygen atoms in total. The molecular weight excluding hydrogens is 442 g/mol. The molecule has 0 amide bonds. The lowest BCUT2D eigenvalue weighted by atomic mass is 10.2. The summed E-state index contributed by atoms with van der Waals surface area (Å²) in [6.07, 6.45) is 1.96. The summed E-state index contributed by atoms with van der Waals surface area (Å²) < 4.78 is 38.9. The van der Waals surface area contributed by atoms with E-state index < -0.39 is 21.2 Å².